The number of ether oxygens (including phenoxy) is 1. The molecule has 2 aromatic carbocycles. The fourth-order valence-electron chi connectivity index (χ4n) is 5.90. The number of hydrogen-bond donors (Lipinski definition) is 0. The summed E-state index contributed by atoms with van der Waals surface area (Å²) in [6.07, 6.45) is 8.29. The predicted octanol–water partition coefficient (Wildman–Crippen LogP) is 7.50. The Kier molecular flexibility index (Phi) is 7.68. The third-order valence-electron chi connectivity index (χ3n) is 7.68. The number of fused-ring (bicyclic) bond motifs is 1. The van der Waals surface area contributed by atoms with E-state index in [2.05, 4.69) is 17.0 Å². The fraction of sp³-hybridized carbons (Fsp3) is 0.500. The van der Waals surface area contributed by atoms with Crippen molar-refractivity contribution in [1.29, 1.82) is 0 Å². The molecule has 5 rings (SSSR count). The molecule has 4 nitrogen and oxygen atoms in total. The van der Waals surface area contributed by atoms with Crippen molar-refractivity contribution in [2.24, 2.45) is 5.92 Å². The molecule has 1 aliphatic heterocycles. The van der Waals surface area contributed by atoms with E-state index in [1.54, 1.807) is 12.1 Å². The van der Waals surface area contributed by atoms with Gasteiger partial charge < -0.3 is 14.2 Å². The number of piperidine rings is 1. The van der Waals surface area contributed by atoms with E-state index in [1.807, 2.05) is 30.5 Å². The van der Waals surface area contributed by atoms with Crippen LogP contribution in [0.3, 0.4) is 0 Å². The maximum atomic E-state index is 13.8. The van der Waals surface area contributed by atoms with Gasteiger partial charge in [0.15, 0.2) is 5.78 Å². The van der Waals surface area contributed by atoms with Crippen LogP contribution in [0.5, 0.6) is 5.75 Å². The van der Waals surface area contributed by atoms with Crippen molar-refractivity contribution in [3.05, 3.63) is 53.3 Å². The summed E-state index contributed by atoms with van der Waals surface area (Å²) in [7, 11) is 0. The van der Waals surface area contributed by atoms with E-state index in [0.717, 1.165) is 59.9 Å². The molecule has 36 heavy (non-hydrogen) atoms. The average Bonchev–Trinajstić information content (AvgIpc) is 3.50. The molecule has 0 N–H and O–H groups in total. The minimum absolute atomic E-state index is 0.0748. The first-order chi connectivity index (χ1) is 17.4. The quantitative estimate of drug-likeness (QED) is 0.314. The third kappa shape index (κ3) is 5.63. The highest BCUT2D eigenvalue weighted by Gasteiger charge is 2.28. The van der Waals surface area contributed by atoms with Crippen molar-refractivity contribution in [3.63, 3.8) is 0 Å². The van der Waals surface area contributed by atoms with Crippen LogP contribution in [-0.4, -0.2) is 40.5 Å². The summed E-state index contributed by atoms with van der Waals surface area (Å²) in [4.78, 5) is 15.4. The lowest BCUT2D eigenvalue weighted by Gasteiger charge is -2.36. The molecule has 2 fully saturated rings. The molecule has 1 aromatic heterocycles. The van der Waals surface area contributed by atoms with Crippen LogP contribution in [0.4, 0.5) is 4.39 Å². The molecule has 0 bridgehead atoms. The molecule has 0 radical (unpaired) electrons. The van der Waals surface area contributed by atoms with Crippen molar-refractivity contribution in [2.75, 3.05) is 13.1 Å². The first kappa shape index (κ1) is 25.3. The van der Waals surface area contributed by atoms with Gasteiger partial charge in [-0.15, -0.1) is 0 Å². The summed E-state index contributed by atoms with van der Waals surface area (Å²) in [6.45, 7) is 6.59. The van der Waals surface area contributed by atoms with Gasteiger partial charge in [-0.1, -0.05) is 38.3 Å². The predicted molar refractivity (Wildman–Crippen MR) is 144 cm³/mol. The van der Waals surface area contributed by atoms with Gasteiger partial charge in [0.05, 0.1) is 11.6 Å². The molecule has 0 unspecified atom stereocenters. The van der Waals surface area contributed by atoms with Crippen molar-refractivity contribution in [1.82, 2.24) is 9.47 Å². The van der Waals surface area contributed by atoms with E-state index >= 15 is 0 Å². The van der Waals surface area contributed by atoms with E-state index < -0.39 is 5.82 Å². The highest BCUT2D eigenvalue weighted by Crippen LogP contribution is 2.34. The van der Waals surface area contributed by atoms with E-state index in [9.17, 15) is 9.18 Å². The minimum Gasteiger partial charge on any atom is -0.490 e. The Hall–Kier alpha value is -2.37. The number of rotatable bonds is 8. The van der Waals surface area contributed by atoms with Crippen LogP contribution < -0.4 is 4.74 Å². The molecule has 3 aromatic rings. The highest BCUT2D eigenvalue weighted by molar-refractivity contribution is 6.31. The molecule has 192 valence electrons. The number of Topliss-reactive ketones (excluding diaryl/α,β-unsaturated/α-hetero) is 1. The molecule has 1 saturated carbocycles. The summed E-state index contributed by atoms with van der Waals surface area (Å²) in [5, 5.41) is 1.08. The Bertz CT molecular complexity index is 1220. The van der Waals surface area contributed by atoms with Gasteiger partial charge in [-0.25, -0.2) is 4.39 Å². The molecule has 1 saturated heterocycles. The number of carbonyl (C=O) groups excluding carboxylic acids is 1. The smallest absolute Gasteiger partial charge is 0.152 e. The van der Waals surface area contributed by atoms with Crippen LogP contribution >= 0.6 is 11.6 Å². The normalized spacial score (nSPS) is 17.9. The van der Waals surface area contributed by atoms with Crippen LogP contribution in [0.2, 0.25) is 5.02 Å². The molecular formula is C30H36ClFN2O2. The number of halogens is 2. The number of ketones is 1. The Morgan fingerprint density at radius 1 is 1.06 bits per heavy atom. The average molecular weight is 511 g/mol. The van der Waals surface area contributed by atoms with E-state index in [0.29, 0.717) is 12.3 Å². The Labute approximate surface area is 218 Å². The fourth-order valence-corrected chi connectivity index (χ4v) is 6.08. The van der Waals surface area contributed by atoms with Gasteiger partial charge in [0.25, 0.3) is 0 Å². The summed E-state index contributed by atoms with van der Waals surface area (Å²) in [5.74, 6) is 0.874. The maximum Gasteiger partial charge on any atom is 0.152 e. The topological polar surface area (TPSA) is 34.5 Å². The van der Waals surface area contributed by atoms with E-state index in [1.165, 1.54) is 31.7 Å². The van der Waals surface area contributed by atoms with Gasteiger partial charge in [-0.3, -0.25) is 4.79 Å². The summed E-state index contributed by atoms with van der Waals surface area (Å²) in [6, 6.07) is 13.7. The maximum absolute atomic E-state index is 13.8. The van der Waals surface area contributed by atoms with Crippen molar-refractivity contribution in [2.45, 2.75) is 77.5 Å². The first-order valence-electron chi connectivity index (χ1n) is 13.4. The number of nitrogens with zero attached hydrogens (tertiary/aromatic N) is 2. The standard InChI is InChI=1S/C30H36ClFN2O2/c1-20(2)15-24(35)19-34-29-10-8-26(36-25-11-13-33(14-12-25)23-5-3-4-6-23)16-22(29)18-30(34)21-7-9-28(32)27(31)17-21/h7-10,16-18,20,23,25H,3-6,11-15,19H2,1-2H3. The lowest BCUT2D eigenvalue weighted by atomic mass is 10.0. The Morgan fingerprint density at radius 2 is 1.81 bits per heavy atom. The van der Waals surface area contributed by atoms with Crippen molar-refractivity contribution >= 4 is 28.3 Å². The van der Waals surface area contributed by atoms with Crippen LogP contribution in [0.1, 0.15) is 58.8 Å². The van der Waals surface area contributed by atoms with Crippen LogP contribution in [-0.2, 0) is 11.3 Å². The number of carbonyl (C=O) groups is 1. The molecule has 6 heteroatoms. The second-order valence-electron chi connectivity index (χ2n) is 10.9. The minimum atomic E-state index is -0.450. The van der Waals surface area contributed by atoms with Gasteiger partial charge in [-0.05, 0) is 79.6 Å². The van der Waals surface area contributed by atoms with Crippen LogP contribution in [0, 0.1) is 11.7 Å². The molecular weight excluding hydrogens is 475 g/mol. The van der Waals surface area contributed by atoms with Crippen molar-refractivity contribution in [3.8, 4) is 17.0 Å². The lowest BCUT2D eigenvalue weighted by Crippen LogP contribution is -2.43. The zero-order valence-electron chi connectivity index (χ0n) is 21.3. The number of benzene rings is 2. The van der Waals surface area contributed by atoms with Crippen molar-refractivity contribution < 1.29 is 13.9 Å². The molecule has 0 atom stereocenters. The molecule has 2 heterocycles. The lowest BCUT2D eigenvalue weighted by molar-refractivity contribution is -0.120. The third-order valence-corrected chi connectivity index (χ3v) is 7.97. The van der Waals surface area contributed by atoms with Gasteiger partial charge >= 0.3 is 0 Å². The highest BCUT2D eigenvalue weighted by atomic mass is 35.5. The van der Waals surface area contributed by atoms with Crippen LogP contribution in [0.25, 0.3) is 22.2 Å². The van der Waals surface area contributed by atoms with Gasteiger partial charge in [0.1, 0.15) is 17.7 Å². The zero-order valence-corrected chi connectivity index (χ0v) is 22.1. The monoisotopic (exact) mass is 510 g/mol. The largest absolute Gasteiger partial charge is 0.490 e. The zero-order chi connectivity index (χ0) is 25.2. The summed E-state index contributed by atoms with van der Waals surface area (Å²) in [5.41, 5.74) is 2.61. The van der Waals surface area contributed by atoms with E-state index in [4.69, 9.17) is 16.3 Å². The molecule has 0 amide bonds. The summed E-state index contributed by atoms with van der Waals surface area (Å²) < 4.78 is 22.3. The molecule has 2 aliphatic rings. The SMILES string of the molecule is CC(C)CC(=O)Cn1c(-c2ccc(F)c(Cl)c2)cc2cc(OC3CCN(C4CCCC4)CC3)ccc21. The molecule has 1 aliphatic carbocycles. The number of likely N-dealkylation sites (tertiary alicyclic amines) is 1. The molecule has 0 spiro atoms. The summed E-state index contributed by atoms with van der Waals surface area (Å²) >= 11 is 6.10. The van der Waals surface area contributed by atoms with Gasteiger partial charge in [0, 0.05) is 42.1 Å². The number of hydrogen-bond acceptors (Lipinski definition) is 3. The van der Waals surface area contributed by atoms with Crippen LogP contribution in [0.15, 0.2) is 42.5 Å². The second-order valence-corrected chi connectivity index (χ2v) is 11.3. The second kappa shape index (κ2) is 10.9. The Morgan fingerprint density at radius 3 is 2.50 bits per heavy atom. The first-order valence-corrected chi connectivity index (χ1v) is 13.8. The Balaban J connectivity index is 1.38. The van der Waals surface area contributed by atoms with E-state index in [-0.39, 0.29) is 23.5 Å². The number of aromatic nitrogens is 1. The van der Waals surface area contributed by atoms with Gasteiger partial charge in [0.2, 0.25) is 0 Å². The van der Waals surface area contributed by atoms with Gasteiger partial charge in [-0.2, -0.15) is 0 Å².